The number of hydrogen-bond acceptors (Lipinski definition) is 4. The smallest absolute Gasteiger partial charge is 0.307 e. The molecule has 1 N–H and O–H groups in total. The van der Waals surface area contributed by atoms with E-state index in [2.05, 4.69) is 10.4 Å². The van der Waals surface area contributed by atoms with E-state index in [1.165, 1.54) is 7.11 Å². The Bertz CT molecular complexity index is 956. The molecule has 3 rings (SSSR count). The van der Waals surface area contributed by atoms with Crippen LogP contribution in [0.15, 0.2) is 67.0 Å². The lowest BCUT2D eigenvalue weighted by Gasteiger charge is -2.19. The highest BCUT2D eigenvalue weighted by Gasteiger charge is 2.21. The molecule has 6 nitrogen and oxygen atoms in total. The van der Waals surface area contributed by atoms with Crippen molar-refractivity contribution in [3.63, 3.8) is 0 Å². The minimum atomic E-state index is -0.571. The van der Waals surface area contributed by atoms with Gasteiger partial charge in [-0.15, -0.1) is 0 Å². The van der Waals surface area contributed by atoms with Gasteiger partial charge in [-0.25, -0.2) is 4.68 Å². The van der Waals surface area contributed by atoms with Crippen LogP contribution in [0.3, 0.4) is 0 Å². The second kappa shape index (κ2) is 9.19. The maximum absolute atomic E-state index is 12.6. The Morgan fingerprint density at radius 2 is 1.86 bits per heavy atom. The van der Waals surface area contributed by atoms with Crippen LogP contribution in [0, 0.1) is 0 Å². The number of benzene rings is 2. The van der Waals surface area contributed by atoms with Gasteiger partial charge in [0.25, 0.3) is 0 Å². The highest BCUT2D eigenvalue weighted by Crippen LogP contribution is 2.25. The van der Waals surface area contributed by atoms with E-state index in [-0.39, 0.29) is 18.7 Å². The standard InChI is InChI=1S/C21H20ClN3O3/c1-28-21(27)12-19(17-9-5-6-10-18(17)22)24-20(26)11-15-13-23-25(14-15)16-7-3-2-4-8-16/h2-10,13-14,19H,11-12H2,1H3,(H,24,26). The fraction of sp³-hybridized carbons (Fsp3) is 0.190. The Labute approximate surface area is 168 Å². The molecule has 28 heavy (non-hydrogen) atoms. The molecular weight excluding hydrogens is 378 g/mol. The van der Waals surface area contributed by atoms with Crippen LogP contribution in [-0.2, 0) is 20.7 Å². The first kappa shape index (κ1) is 19.6. The molecule has 0 radical (unpaired) electrons. The number of methoxy groups -OCH3 is 1. The number of halogens is 1. The maximum Gasteiger partial charge on any atom is 0.307 e. The summed E-state index contributed by atoms with van der Waals surface area (Å²) in [6.45, 7) is 0. The third-order valence-electron chi connectivity index (χ3n) is 4.24. The van der Waals surface area contributed by atoms with Crippen molar-refractivity contribution in [3.05, 3.63) is 83.1 Å². The first-order chi connectivity index (χ1) is 13.6. The number of amides is 1. The topological polar surface area (TPSA) is 73.2 Å². The molecule has 1 atom stereocenters. The molecule has 3 aromatic rings. The second-order valence-corrected chi connectivity index (χ2v) is 6.63. The molecule has 1 unspecified atom stereocenters. The first-order valence-corrected chi connectivity index (χ1v) is 9.14. The van der Waals surface area contributed by atoms with Gasteiger partial charge in [0, 0.05) is 11.2 Å². The van der Waals surface area contributed by atoms with Crippen molar-refractivity contribution in [2.24, 2.45) is 0 Å². The molecule has 0 spiro atoms. The van der Waals surface area contributed by atoms with Gasteiger partial charge in [-0.3, -0.25) is 9.59 Å². The summed E-state index contributed by atoms with van der Waals surface area (Å²) in [6, 6.07) is 16.2. The molecule has 0 aliphatic heterocycles. The number of nitrogens with zero attached hydrogens (tertiary/aromatic N) is 2. The molecule has 1 aromatic heterocycles. The van der Waals surface area contributed by atoms with E-state index < -0.39 is 12.0 Å². The lowest BCUT2D eigenvalue weighted by Crippen LogP contribution is -2.31. The van der Waals surface area contributed by atoms with Crippen LogP contribution in [0.5, 0.6) is 0 Å². The van der Waals surface area contributed by atoms with E-state index in [9.17, 15) is 9.59 Å². The largest absolute Gasteiger partial charge is 0.469 e. The molecule has 7 heteroatoms. The number of carbonyl (C=O) groups is 2. The molecule has 0 bridgehead atoms. The van der Waals surface area contributed by atoms with Crippen molar-refractivity contribution >= 4 is 23.5 Å². The zero-order chi connectivity index (χ0) is 19.9. The second-order valence-electron chi connectivity index (χ2n) is 6.23. The quantitative estimate of drug-likeness (QED) is 0.619. The molecule has 2 aromatic carbocycles. The Hall–Kier alpha value is -3.12. The number of aromatic nitrogens is 2. The summed E-state index contributed by atoms with van der Waals surface area (Å²) in [6.07, 6.45) is 3.58. The van der Waals surface area contributed by atoms with Crippen molar-refractivity contribution in [1.29, 1.82) is 0 Å². The van der Waals surface area contributed by atoms with E-state index in [1.54, 1.807) is 35.3 Å². The van der Waals surface area contributed by atoms with Gasteiger partial charge >= 0.3 is 5.97 Å². The summed E-state index contributed by atoms with van der Waals surface area (Å²) >= 11 is 6.24. The summed E-state index contributed by atoms with van der Waals surface area (Å²) in [4.78, 5) is 24.4. The maximum atomic E-state index is 12.6. The van der Waals surface area contributed by atoms with Crippen molar-refractivity contribution in [3.8, 4) is 5.69 Å². The molecule has 144 valence electrons. The molecule has 0 aliphatic rings. The lowest BCUT2D eigenvalue weighted by atomic mass is 10.0. The minimum Gasteiger partial charge on any atom is -0.469 e. The molecule has 0 fully saturated rings. The fourth-order valence-electron chi connectivity index (χ4n) is 2.85. The number of hydrogen-bond donors (Lipinski definition) is 1. The monoisotopic (exact) mass is 397 g/mol. The Morgan fingerprint density at radius 1 is 1.14 bits per heavy atom. The van der Waals surface area contributed by atoms with Gasteiger partial charge in [-0.05, 0) is 29.3 Å². The van der Waals surface area contributed by atoms with Crippen molar-refractivity contribution in [2.75, 3.05) is 7.11 Å². The van der Waals surface area contributed by atoms with Crippen molar-refractivity contribution in [2.45, 2.75) is 18.9 Å². The molecule has 1 heterocycles. The van der Waals surface area contributed by atoms with Gasteiger partial charge < -0.3 is 10.1 Å². The van der Waals surface area contributed by atoms with Gasteiger partial charge in [0.1, 0.15) is 0 Å². The fourth-order valence-corrected chi connectivity index (χ4v) is 3.12. The third-order valence-corrected chi connectivity index (χ3v) is 4.58. The van der Waals surface area contributed by atoms with Crippen molar-refractivity contribution in [1.82, 2.24) is 15.1 Å². The molecular formula is C21H20ClN3O3. The van der Waals surface area contributed by atoms with Gasteiger partial charge in [-0.2, -0.15) is 5.10 Å². The third kappa shape index (κ3) is 4.98. The average Bonchev–Trinajstić information content (AvgIpc) is 3.16. The van der Waals surface area contributed by atoms with Gasteiger partial charge in [0.2, 0.25) is 5.91 Å². The Balaban J connectivity index is 1.71. The highest BCUT2D eigenvalue weighted by atomic mass is 35.5. The molecule has 0 saturated heterocycles. The van der Waals surface area contributed by atoms with E-state index in [4.69, 9.17) is 16.3 Å². The van der Waals surface area contributed by atoms with E-state index >= 15 is 0 Å². The van der Waals surface area contributed by atoms with Crippen LogP contribution in [0.2, 0.25) is 5.02 Å². The number of para-hydroxylation sites is 1. The van der Waals surface area contributed by atoms with E-state index in [0.717, 1.165) is 11.3 Å². The summed E-state index contributed by atoms with van der Waals surface area (Å²) in [5, 5.41) is 7.65. The van der Waals surface area contributed by atoms with Crippen LogP contribution < -0.4 is 5.32 Å². The van der Waals surface area contributed by atoms with Gasteiger partial charge in [0.05, 0.1) is 37.9 Å². The predicted octanol–water partition coefficient (Wildman–Crippen LogP) is 3.49. The zero-order valence-electron chi connectivity index (χ0n) is 15.3. The Morgan fingerprint density at radius 3 is 2.57 bits per heavy atom. The van der Waals surface area contributed by atoms with Crippen LogP contribution in [0.1, 0.15) is 23.6 Å². The number of carbonyl (C=O) groups excluding carboxylic acids is 2. The van der Waals surface area contributed by atoms with Crippen LogP contribution in [-0.4, -0.2) is 28.8 Å². The SMILES string of the molecule is COC(=O)CC(NC(=O)Cc1cnn(-c2ccccc2)c1)c1ccccc1Cl. The van der Waals surface area contributed by atoms with Crippen LogP contribution in [0.25, 0.3) is 5.69 Å². The molecule has 0 aliphatic carbocycles. The minimum absolute atomic E-state index is 0.00471. The summed E-state index contributed by atoms with van der Waals surface area (Å²) in [5.41, 5.74) is 2.34. The number of nitrogens with one attached hydrogen (secondary N) is 1. The van der Waals surface area contributed by atoms with Gasteiger partial charge in [0.15, 0.2) is 0 Å². The first-order valence-electron chi connectivity index (χ1n) is 8.76. The average molecular weight is 398 g/mol. The predicted molar refractivity (Wildman–Crippen MR) is 106 cm³/mol. The van der Waals surface area contributed by atoms with Crippen LogP contribution in [0.4, 0.5) is 0 Å². The molecule has 1 amide bonds. The lowest BCUT2D eigenvalue weighted by molar-refractivity contribution is -0.141. The number of ether oxygens (including phenoxy) is 1. The highest BCUT2D eigenvalue weighted by molar-refractivity contribution is 6.31. The summed E-state index contributed by atoms with van der Waals surface area (Å²) in [7, 11) is 1.31. The van der Waals surface area contributed by atoms with Crippen molar-refractivity contribution < 1.29 is 14.3 Å². The van der Waals surface area contributed by atoms with Crippen LogP contribution >= 0.6 is 11.6 Å². The van der Waals surface area contributed by atoms with E-state index in [1.807, 2.05) is 36.4 Å². The number of esters is 1. The molecule has 0 saturated carbocycles. The van der Waals surface area contributed by atoms with E-state index in [0.29, 0.717) is 10.6 Å². The normalized spacial score (nSPS) is 11.6. The summed E-state index contributed by atoms with van der Waals surface area (Å²) in [5.74, 6) is -0.663. The zero-order valence-corrected chi connectivity index (χ0v) is 16.1. The van der Waals surface area contributed by atoms with Gasteiger partial charge in [-0.1, -0.05) is 48.0 Å². The Kier molecular flexibility index (Phi) is 6.45. The number of rotatable bonds is 7. The summed E-state index contributed by atoms with van der Waals surface area (Å²) < 4.78 is 6.46.